The Balaban J connectivity index is 1.54. The largest absolute Gasteiger partial charge is 0.369 e. The summed E-state index contributed by atoms with van der Waals surface area (Å²) in [4.78, 5) is 14.2. The summed E-state index contributed by atoms with van der Waals surface area (Å²) < 4.78 is 2.02. The highest BCUT2D eigenvalue weighted by Crippen LogP contribution is 2.31. The van der Waals surface area contributed by atoms with Crippen LogP contribution < -0.4 is 4.90 Å². The van der Waals surface area contributed by atoms with Crippen molar-refractivity contribution in [2.24, 2.45) is 7.05 Å². The van der Waals surface area contributed by atoms with Crippen LogP contribution in [0.3, 0.4) is 0 Å². The second kappa shape index (κ2) is 6.09. The fraction of sp³-hybridized carbons (Fsp3) is 0.333. The summed E-state index contributed by atoms with van der Waals surface area (Å²) >= 11 is 0. The lowest BCUT2D eigenvalue weighted by Crippen LogP contribution is -2.44. The van der Waals surface area contributed by atoms with Gasteiger partial charge >= 0.3 is 0 Å². The summed E-state index contributed by atoms with van der Waals surface area (Å²) in [5.74, 6) is 0. The Hall–Kier alpha value is -2.86. The molecule has 4 heterocycles. The van der Waals surface area contributed by atoms with Crippen LogP contribution in [-0.2, 0) is 7.05 Å². The molecule has 6 heteroatoms. The fourth-order valence-corrected chi connectivity index (χ4v) is 4.10. The molecule has 0 aliphatic carbocycles. The molecule has 0 saturated carbocycles. The summed E-state index contributed by atoms with van der Waals surface area (Å²) in [6.07, 6.45) is 3.86. The minimum Gasteiger partial charge on any atom is -0.369 e. The van der Waals surface area contributed by atoms with Gasteiger partial charge in [-0.15, -0.1) is 0 Å². The Bertz CT molecular complexity index is 1130. The maximum Gasteiger partial charge on any atom is 0.162 e. The number of likely N-dealkylation sites (N-methyl/N-ethyl adjacent to an activating group) is 1. The van der Waals surface area contributed by atoms with Gasteiger partial charge in [0.15, 0.2) is 5.65 Å². The standard InChI is InChI=1S/C21H24N6/c1-14-10-15(4-5-19(14)27-8-6-25(2)7-9-27)18-11-17-20-16(13-23-26(20)3)12-22-21(17)24-18/h4-5,10-13,23H,6-9H2,1-3H3. The quantitative estimate of drug-likeness (QED) is 0.597. The molecule has 5 rings (SSSR count). The van der Waals surface area contributed by atoms with Crippen LogP contribution in [-0.4, -0.2) is 57.9 Å². The molecular weight excluding hydrogens is 336 g/mol. The van der Waals surface area contributed by atoms with Crippen molar-refractivity contribution in [1.82, 2.24) is 24.6 Å². The van der Waals surface area contributed by atoms with Crippen LogP contribution >= 0.6 is 0 Å². The summed E-state index contributed by atoms with van der Waals surface area (Å²) in [5.41, 5.74) is 6.71. The smallest absolute Gasteiger partial charge is 0.162 e. The predicted octanol–water partition coefficient (Wildman–Crippen LogP) is 3.18. The minimum atomic E-state index is 0.800. The van der Waals surface area contributed by atoms with E-state index in [1.165, 1.54) is 11.3 Å². The first-order chi connectivity index (χ1) is 13.1. The highest BCUT2D eigenvalue weighted by atomic mass is 15.3. The monoisotopic (exact) mass is 360 g/mol. The number of H-pyrrole nitrogens is 1. The van der Waals surface area contributed by atoms with Crippen molar-refractivity contribution < 1.29 is 0 Å². The van der Waals surface area contributed by atoms with Gasteiger partial charge in [0.1, 0.15) is 0 Å². The Labute approximate surface area is 158 Å². The van der Waals surface area contributed by atoms with Crippen molar-refractivity contribution in [2.75, 3.05) is 38.1 Å². The fourth-order valence-electron chi connectivity index (χ4n) is 4.10. The molecule has 1 N–H and O–H groups in total. The second-order valence-corrected chi connectivity index (χ2v) is 7.56. The first kappa shape index (κ1) is 16.3. The number of aromatic nitrogens is 4. The van der Waals surface area contributed by atoms with Gasteiger partial charge in [0.25, 0.3) is 0 Å². The van der Waals surface area contributed by atoms with Gasteiger partial charge in [-0.25, -0.2) is 9.97 Å². The van der Waals surface area contributed by atoms with E-state index in [9.17, 15) is 0 Å². The Kier molecular flexibility index (Phi) is 3.68. The molecule has 0 unspecified atom stereocenters. The normalized spacial score (nSPS) is 15.9. The van der Waals surface area contributed by atoms with E-state index in [1.807, 2.05) is 24.1 Å². The van der Waals surface area contributed by atoms with Crippen molar-refractivity contribution >= 4 is 27.6 Å². The number of rotatable bonds is 2. The number of pyridine rings is 1. The van der Waals surface area contributed by atoms with Crippen LogP contribution in [0.4, 0.5) is 5.69 Å². The van der Waals surface area contributed by atoms with E-state index in [1.54, 1.807) is 0 Å². The second-order valence-electron chi connectivity index (χ2n) is 7.56. The van der Waals surface area contributed by atoms with Gasteiger partial charge in [-0.3, -0.25) is 4.68 Å². The Morgan fingerprint density at radius 3 is 2.63 bits per heavy atom. The molecule has 1 saturated heterocycles. The van der Waals surface area contributed by atoms with Crippen LogP contribution in [0.5, 0.6) is 0 Å². The zero-order valence-corrected chi connectivity index (χ0v) is 16.0. The lowest BCUT2D eigenvalue weighted by molar-refractivity contribution is 0.312. The van der Waals surface area contributed by atoms with Crippen LogP contribution in [0.1, 0.15) is 5.56 Å². The SMILES string of the molecule is Cc1cc(-c2cc3c(ncc4c[nH]n(C)c43)n2)ccc1N1CCN(C)CC1. The lowest BCUT2D eigenvalue weighted by Gasteiger charge is -2.35. The van der Waals surface area contributed by atoms with E-state index in [4.69, 9.17) is 4.98 Å². The number of piperazine rings is 1. The van der Waals surface area contributed by atoms with Gasteiger partial charge in [0, 0.05) is 67.6 Å². The van der Waals surface area contributed by atoms with Crippen molar-refractivity contribution in [3.8, 4) is 11.3 Å². The van der Waals surface area contributed by atoms with Gasteiger partial charge < -0.3 is 14.9 Å². The minimum absolute atomic E-state index is 0.800. The van der Waals surface area contributed by atoms with Gasteiger partial charge in [-0.1, -0.05) is 6.07 Å². The van der Waals surface area contributed by atoms with E-state index in [0.717, 1.165) is 59.4 Å². The molecule has 1 aromatic carbocycles. The lowest BCUT2D eigenvalue weighted by atomic mass is 10.1. The van der Waals surface area contributed by atoms with Crippen molar-refractivity contribution in [3.63, 3.8) is 0 Å². The third-order valence-corrected chi connectivity index (χ3v) is 5.69. The van der Waals surface area contributed by atoms with E-state index in [-0.39, 0.29) is 0 Å². The van der Waals surface area contributed by atoms with Crippen LogP contribution in [0.15, 0.2) is 36.7 Å². The molecule has 3 aromatic heterocycles. The number of anilines is 1. The molecule has 0 atom stereocenters. The van der Waals surface area contributed by atoms with Crippen molar-refractivity contribution in [1.29, 1.82) is 0 Å². The number of nitrogens with zero attached hydrogens (tertiary/aromatic N) is 5. The third kappa shape index (κ3) is 2.68. The molecule has 4 aromatic rings. The van der Waals surface area contributed by atoms with Gasteiger partial charge in [-0.2, -0.15) is 0 Å². The number of nitrogens with one attached hydrogen (secondary N) is 1. The molecule has 0 amide bonds. The van der Waals surface area contributed by atoms with E-state index >= 15 is 0 Å². The van der Waals surface area contributed by atoms with Crippen LogP contribution in [0, 0.1) is 6.92 Å². The predicted molar refractivity (Wildman–Crippen MR) is 110 cm³/mol. The molecule has 27 heavy (non-hydrogen) atoms. The summed E-state index contributed by atoms with van der Waals surface area (Å²) in [7, 11) is 4.21. The number of hydrogen-bond acceptors (Lipinski definition) is 4. The molecule has 0 spiro atoms. The molecule has 1 fully saturated rings. The first-order valence-corrected chi connectivity index (χ1v) is 9.44. The van der Waals surface area contributed by atoms with Crippen LogP contribution in [0.2, 0.25) is 0 Å². The maximum atomic E-state index is 4.79. The number of benzene rings is 1. The summed E-state index contributed by atoms with van der Waals surface area (Å²) in [6, 6.07) is 8.84. The molecule has 1 aliphatic heterocycles. The number of aryl methyl sites for hydroxylation is 2. The van der Waals surface area contributed by atoms with Gasteiger partial charge in [0.05, 0.1) is 11.2 Å². The first-order valence-electron chi connectivity index (χ1n) is 9.44. The Morgan fingerprint density at radius 1 is 1.04 bits per heavy atom. The zero-order chi connectivity index (χ0) is 18.5. The summed E-state index contributed by atoms with van der Waals surface area (Å²) in [6.45, 7) is 6.60. The van der Waals surface area contributed by atoms with Gasteiger partial charge in [0.2, 0.25) is 0 Å². The molecule has 1 aliphatic rings. The van der Waals surface area contributed by atoms with Crippen molar-refractivity contribution in [3.05, 3.63) is 42.2 Å². The molecule has 138 valence electrons. The average Bonchev–Trinajstić information content (AvgIpc) is 3.26. The average molecular weight is 360 g/mol. The topological polar surface area (TPSA) is 53.0 Å². The molecule has 6 nitrogen and oxygen atoms in total. The van der Waals surface area contributed by atoms with Crippen molar-refractivity contribution in [2.45, 2.75) is 6.92 Å². The van der Waals surface area contributed by atoms with E-state index in [2.05, 4.69) is 58.1 Å². The number of aromatic amines is 1. The molecule has 0 radical (unpaired) electrons. The highest BCUT2D eigenvalue weighted by Gasteiger charge is 2.17. The molecular formula is C21H24N6. The number of fused-ring (bicyclic) bond motifs is 3. The third-order valence-electron chi connectivity index (χ3n) is 5.69. The van der Waals surface area contributed by atoms with Gasteiger partial charge in [-0.05, 0) is 37.7 Å². The Morgan fingerprint density at radius 2 is 1.85 bits per heavy atom. The number of hydrogen-bond donors (Lipinski definition) is 1. The van der Waals surface area contributed by atoms with E-state index in [0.29, 0.717) is 0 Å². The molecule has 0 bridgehead atoms. The van der Waals surface area contributed by atoms with Crippen LogP contribution in [0.25, 0.3) is 33.2 Å². The zero-order valence-electron chi connectivity index (χ0n) is 16.0. The van der Waals surface area contributed by atoms with E-state index < -0.39 is 0 Å². The summed E-state index contributed by atoms with van der Waals surface area (Å²) in [5, 5.41) is 5.41. The highest BCUT2D eigenvalue weighted by molar-refractivity contribution is 6.04. The maximum absolute atomic E-state index is 4.79.